The fourth-order valence-corrected chi connectivity index (χ4v) is 6.77. The molecule has 1 heterocycles. The third kappa shape index (κ3) is 5.61. The summed E-state index contributed by atoms with van der Waals surface area (Å²) in [6.07, 6.45) is -10.1. The van der Waals surface area contributed by atoms with Crippen molar-refractivity contribution in [1.29, 1.82) is 0 Å². The minimum atomic E-state index is -6.08. The number of fused-ring (bicyclic) bond motifs is 1. The van der Waals surface area contributed by atoms with Crippen LogP contribution in [-0.4, -0.2) is 59.1 Å². The van der Waals surface area contributed by atoms with Crippen molar-refractivity contribution in [3.05, 3.63) is 59.2 Å². The topological polar surface area (TPSA) is 124 Å². The Labute approximate surface area is 236 Å². The number of anilines is 1. The molecule has 3 aliphatic rings. The zero-order valence-corrected chi connectivity index (χ0v) is 22.6. The van der Waals surface area contributed by atoms with Crippen LogP contribution in [0.15, 0.2) is 47.4 Å². The van der Waals surface area contributed by atoms with Crippen LogP contribution in [0.2, 0.25) is 0 Å². The van der Waals surface area contributed by atoms with Gasteiger partial charge in [0.25, 0.3) is 11.5 Å². The van der Waals surface area contributed by atoms with Crippen molar-refractivity contribution in [3.8, 4) is 0 Å². The summed E-state index contributed by atoms with van der Waals surface area (Å²) in [6.45, 7) is -0.155. The predicted molar refractivity (Wildman–Crippen MR) is 134 cm³/mol. The Balaban J connectivity index is 1.42. The lowest BCUT2D eigenvalue weighted by atomic mass is 9.92. The molecule has 228 valence electrons. The molecule has 0 aromatic heterocycles. The molecule has 3 N–H and O–H groups in total. The molecule has 0 saturated heterocycles. The summed E-state index contributed by atoms with van der Waals surface area (Å²) >= 11 is 0. The van der Waals surface area contributed by atoms with Crippen molar-refractivity contribution in [3.63, 3.8) is 0 Å². The minimum Gasteiger partial charge on any atom is -0.389 e. The Morgan fingerprint density at radius 2 is 1.57 bits per heavy atom. The Hall–Kier alpha value is -3.17. The van der Waals surface area contributed by atoms with Gasteiger partial charge in [0.1, 0.15) is 6.04 Å². The highest BCUT2D eigenvalue weighted by atomic mass is 32.2. The van der Waals surface area contributed by atoms with E-state index in [9.17, 15) is 54.6 Å². The smallest absolute Gasteiger partial charge is 0.389 e. The van der Waals surface area contributed by atoms with Gasteiger partial charge in [-0.2, -0.15) is 26.3 Å². The molecule has 42 heavy (non-hydrogen) atoms. The van der Waals surface area contributed by atoms with Crippen molar-refractivity contribution in [2.75, 3.05) is 11.1 Å². The van der Waals surface area contributed by atoms with Crippen molar-refractivity contribution in [2.45, 2.75) is 73.1 Å². The summed E-state index contributed by atoms with van der Waals surface area (Å²) in [5.74, 6) is -1.41. The standard InChI is InChI=1S/C27H26F6N2O6S/c28-26(29,30)25(39,27(31,32)33)17-3-5-18(6-4-17)34-23(37)22-20-8-7-19(42(40,41)14-15-1-2-15)11-16(20)13-35(22)21(36)12-24(38)9-10-24/h3-8,11,15,22,38-39H,1-2,9-10,12-14H2,(H,34,37). The van der Waals surface area contributed by atoms with Gasteiger partial charge in [-0.15, -0.1) is 0 Å². The van der Waals surface area contributed by atoms with Crippen LogP contribution in [0.3, 0.4) is 0 Å². The van der Waals surface area contributed by atoms with Gasteiger partial charge in [0.2, 0.25) is 5.91 Å². The number of amides is 2. The highest BCUT2D eigenvalue weighted by Gasteiger charge is 2.71. The Morgan fingerprint density at radius 1 is 0.976 bits per heavy atom. The predicted octanol–water partition coefficient (Wildman–Crippen LogP) is 4.12. The fraction of sp³-hybridized carbons (Fsp3) is 0.481. The first-order valence-electron chi connectivity index (χ1n) is 13.0. The molecule has 8 nitrogen and oxygen atoms in total. The van der Waals surface area contributed by atoms with Gasteiger partial charge in [-0.1, -0.05) is 18.2 Å². The number of alkyl halides is 6. The Bertz CT molecular complexity index is 1500. The number of sulfone groups is 1. The van der Waals surface area contributed by atoms with Crippen LogP contribution in [0.25, 0.3) is 0 Å². The first-order chi connectivity index (χ1) is 19.3. The van der Waals surface area contributed by atoms with E-state index in [1.807, 2.05) is 0 Å². The van der Waals surface area contributed by atoms with Crippen LogP contribution < -0.4 is 5.32 Å². The average Bonchev–Trinajstić information content (AvgIpc) is 3.80. The number of hydrogen-bond acceptors (Lipinski definition) is 6. The molecule has 1 aliphatic heterocycles. The number of carbonyl (C=O) groups excluding carboxylic acids is 2. The first-order valence-corrected chi connectivity index (χ1v) is 14.6. The second-order valence-corrected chi connectivity index (χ2v) is 13.2. The summed E-state index contributed by atoms with van der Waals surface area (Å²) in [5, 5.41) is 22.2. The highest BCUT2D eigenvalue weighted by Crippen LogP contribution is 2.50. The van der Waals surface area contributed by atoms with Gasteiger partial charge in [0.05, 0.1) is 22.7 Å². The largest absolute Gasteiger partial charge is 0.430 e. The molecule has 2 fully saturated rings. The molecule has 2 amide bonds. The maximum absolute atomic E-state index is 13.4. The number of benzene rings is 2. The van der Waals surface area contributed by atoms with Crippen LogP contribution in [0.4, 0.5) is 32.0 Å². The Kier molecular flexibility index (Phi) is 7.17. The van der Waals surface area contributed by atoms with Crippen LogP contribution in [0, 0.1) is 5.92 Å². The number of rotatable bonds is 8. The zero-order chi connectivity index (χ0) is 30.9. The van der Waals surface area contributed by atoms with Crippen LogP contribution in [0.1, 0.15) is 54.8 Å². The lowest BCUT2D eigenvalue weighted by molar-refractivity contribution is -0.376. The van der Waals surface area contributed by atoms with E-state index in [1.165, 1.54) is 18.2 Å². The van der Waals surface area contributed by atoms with Crippen LogP contribution in [-0.2, 0) is 31.6 Å². The maximum atomic E-state index is 13.4. The molecule has 0 bridgehead atoms. The lowest BCUT2D eigenvalue weighted by Gasteiger charge is -2.32. The highest BCUT2D eigenvalue weighted by molar-refractivity contribution is 7.91. The zero-order valence-electron chi connectivity index (χ0n) is 21.8. The van der Waals surface area contributed by atoms with E-state index < -0.39 is 56.8 Å². The quantitative estimate of drug-likeness (QED) is 0.382. The molecular weight excluding hydrogens is 594 g/mol. The SMILES string of the molecule is O=C(Nc1ccc(C(O)(C(F)(F)F)C(F)(F)F)cc1)C1c2ccc(S(=O)(=O)CC3CC3)cc2CN1C(=O)CC1(O)CC1. The normalized spacial score (nSPS) is 20.3. The molecule has 5 rings (SSSR count). The van der Waals surface area contributed by atoms with E-state index in [-0.39, 0.29) is 40.8 Å². The van der Waals surface area contributed by atoms with Crippen molar-refractivity contribution < 1.29 is 54.6 Å². The van der Waals surface area contributed by atoms with E-state index >= 15 is 0 Å². The van der Waals surface area contributed by atoms with E-state index in [2.05, 4.69) is 5.32 Å². The van der Waals surface area contributed by atoms with Gasteiger partial charge in [0.15, 0.2) is 9.84 Å². The van der Waals surface area contributed by atoms with E-state index in [0.717, 1.165) is 29.9 Å². The van der Waals surface area contributed by atoms with E-state index in [4.69, 9.17) is 0 Å². The second kappa shape index (κ2) is 9.95. The molecule has 1 atom stereocenters. The monoisotopic (exact) mass is 620 g/mol. The summed E-state index contributed by atoms with van der Waals surface area (Å²) in [4.78, 5) is 27.7. The number of halogens is 6. The second-order valence-electron chi connectivity index (χ2n) is 11.2. The molecule has 2 aromatic rings. The molecule has 2 saturated carbocycles. The number of hydrogen-bond donors (Lipinski definition) is 3. The summed E-state index contributed by atoms with van der Waals surface area (Å²) < 4.78 is 105. The summed E-state index contributed by atoms with van der Waals surface area (Å²) in [6, 6.07) is 5.03. The van der Waals surface area contributed by atoms with Gasteiger partial charge < -0.3 is 20.4 Å². The number of nitrogens with one attached hydrogen (secondary N) is 1. The number of carbonyl (C=O) groups is 2. The summed E-state index contributed by atoms with van der Waals surface area (Å²) in [5.41, 5.74) is -7.43. The summed E-state index contributed by atoms with van der Waals surface area (Å²) in [7, 11) is -3.62. The van der Waals surface area contributed by atoms with Crippen molar-refractivity contribution >= 4 is 27.3 Å². The molecular formula is C27H26F6N2O6S. The molecule has 15 heteroatoms. The van der Waals surface area contributed by atoms with E-state index in [1.54, 1.807) is 0 Å². The molecule has 2 aliphatic carbocycles. The van der Waals surface area contributed by atoms with Crippen LogP contribution >= 0.6 is 0 Å². The lowest BCUT2D eigenvalue weighted by Crippen LogP contribution is -2.53. The number of aliphatic hydroxyl groups is 2. The van der Waals surface area contributed by atoms with Gasteiger partial charge in [0, 0.05) is 17.8 Å². The Morgan fingerprint density at radius 3 is 2.10 bits per heavy atom. The van der Waals surface area contributed by atoms with Gasteiger partial charge in [-0.3, -0.25) is 9.59 Å². The average molecular weight is 621 g/mol. The van der Waals surface area contributed by atoms with Gasteiger partial charge in [-0.05, 0) is 67.0 Å². The van der Waals surface area contributed by atoms with E-state index in [0.29, 0.717) is 30.5 Å². The minimum absolute atomic E-state index is 0.0276. The molecule has 2 aromatic carbocycles. The van der Waals surface area contributed by atoms with Crippen molar-refractivity contribution in [2.24, 2.45) is 5.92 Å². The van der Waals surface area contributed by atoms with Crippen molar-refractivity contribution in [1.82, 2.24) is 4.90 Å². The molecule has 0 radical (unpaired) electrons. The van der Waals surface area contributed by atoms with Gasteiger partial charge >= 0.3 is 12.4 Å². The molecule has 0 spiro atoms. The van der Waals surface area contributed by atoms with Gasteiger partial charge in [-0.25, -0.2) is 8.42 Å². The fourth-order valence-electron chi connectivity index (χ4n) is 5.03. The maximum Gasteiger partial charge on any atom is 0.430 e. The number of nitrogens with zero attached hydrogens (tertiary/aromatic N) is 1. The van der Waals surface area contributed by atoms with Crippen LogP contribution in [0.5, 0.6) is 0 Å². The first kappa shape index (κ1) is 30.3. The third-order valence-corrected chi connectivity index (χ3v) is 9.72. The molecule has 1 unspecified atom stereocenters. The third-order valence-electron chi connectivity index (χ3n) is 7.84.